The van der Waals surface area contributed by atoms with E-state index in [2.05, 4.69) is 41.8 Å². The van der Waals surface area contributed by atoms with Crippen LogP contribution >= 0.6 is 31.9 Å². The van der Waals surface area contributed by atoms with E-state index in [-0.39, 0.29) is 0 Å². The second-order valence-electron chi connectivity index (χ2n) is 2.56. The van der Waals surface area contributed by atoms with Crippen LogP contribution in [0.4, 0.5) is 0 Å². The Kier molecular flexibility index (Phi) is 2.51. The fourth-order valence-electron chi connectivity index (χ4n) is 1.11. The molecule has 0 spiro atoms. The number of nitrogens with one attached hydrogen (secondary N) is 1. The summed E-state index contributed by atoms with van der Waals surface area (Å²) in [5.41, 5.74) is 2.02. The molecule has 66 valence electrons. The van der Waals surface area contributed by atoms with Gasteiger partial charge in [-0.25, -0.2) is 4.98 Å². The number of nitrogens with zero attached hydrogens (tertiary/aromatic N) is 1. The van der Waals surface area contributed by atoms with E-state index in [0.29, 0.717) is 0 Å². The number of aromatic nitrogens is 2. The summed E-state index contributed by atoms with van der Waals surface area (Å²) in [6.07, 6.45) is 0. The Labute approximate surface area is 92.7 Å². The minimum Gasteiger partial charge on any atom is -0.327 e. The summed E-state index contributed by atoms with van der Waals surface area (Å²) < 4.78 is 1.63. The minimum atomic E-state index is 0.734. The van der Waals surface area contributed by atoms with E-state index in [9.17, 15) is 0 Å². The Morgan fingerprint density at radius 2 is 1.77 bits per heavy atom. The van der Waals surface area contributed by atoms with Crippen LogP contribution in [0, 0.1) is 0 Å². The largest absolute Gasteiger partial charge is 0.327 e. The summed E-state index contributed by atoms with van der Waals surface area (Å²) >= 11 is 6.69. The van der Waals surface area contributed by atoms with Gasteiger partial charge >= 0.3 is 0 Å². The predicted molar refractivity (Wildman–Crippen MR) is 59.4 cm³/mol. The molecule has 1 heterocycles. The number of benzene rings is 1. The highest BCUT2D eigenvalue weighted by molar-refractivity contribution is 9.11. The molecule has 2 nitrogen and oxygen atoms in total. The normalized spacial score (nSPS) is 10.3. The summed E-state index contributed by atoms with van der Waals surface area (Å²) in [5, 5.41) is 0. The third kappa shape index (κ3) is 1.84. The average molecular weight is 302 g/mol. The fraction of sp³-hybridized carbons (Fsp3) is 0. The van der Waals surface area contributed by atoms with Gasteiger partial charge in [0.15, 0.2) is 4.73 Å². The molecule has 2 rings (SSSR count). The molecule has 0 amide bonds. The molecular formula is C9H6Br2N2. The molecule has 0 aliphatic rings. The highest BCUT2D eigenvalue weighted by Crippen LogP contribution is 2.26. The van der Waals surface area contributed by atoms with Crippen LogP contribution in [0.2, 0.25) is 0 Å². The van der Waals surface area contributed by atoms with Crippen molar-refractivity contribution in [3.8, 4) is 11.3 Å². The maximum absolute atomic E-state index is 4.29. The average Bonchev–Trinajstić information content (AvgIpc) is 2.47. The predicted octanol–water partition coefficient (Wildman–Crippen LogP) is 3.60. The molecule has 0 aliphatic carbocycles. The number of imidazole rings is 1. The molecule has 4 heteroatoms. The summed E-state index contributed by atoms with van der Waals surface area (Å²) in [6.45, 7) is 0. The Hall–Kier alpha value is -0.610. The topological polar surface area (TPSA) is 28.7 Å². The lowest BCUT2D eigenvalue weighted by molar-refractivity contribution is 1.23. The first-order valence-corrected chi connectivity index (χ1v) is 5.32. The lowest BCUT2D eigenvalue weighted by Gasteiger charge is -1.94. The molecule has 0 radical (unpaired) electrons. The zero-order chi connectivity index (χ0) is 9.26. The van der Waals surface area contributed by atoms with E-state index in [1.807, 2.05) is 30.3 Å². The van der Waals surface area contributed by atoms with E-state index in [4.69, 9.17) is 0 Å². The van der Waals surface area contributed by atoms with Gasteiger partial charge in [-0.2, -0.15) is 0 Å². The smallest absolute Gasteiger partial charge is 0.175 e. The Bertz CT molecular complexity index is 409. The molecule has 0 saturated heterocycles. The Morgan fingerprint density at radius 3 is 2.31 bits per heavy atom. The number of aromatic amines is 1. The van der Waals surface area contributed by atoms with Gasteiger partial charge in [-0.3, -0.25) is 0 Å². The Balaban J connectivity index is 2.53. The van der Waals surface area contributed by atoms with Crippen molar-refractivity contribution in [1.29, 1.82) is 0 Å². The third-order valence-electron chi connectivity index (χ3n) is 1.68. The summed E-state index contributed by atoms with van der Waals surface area (Å²) in [7, 11) is 0. The first kappa shape index (κ1) is 8.97. The first-order valence-electron chi connectivity index (χ1n) is 3.74. The second kappa shape index (κ2) is 3.64. The Morgan fingerprint density at radius 1 is 1.08 bits per heavy atom. The first-order chi connectivity index (χ1) is 6.27. The van der Waals surface area contributed by atoms with Crippen LogP contribution < -0.4 is 0 Å². The van der Waals surface area contributed by atoms with Crippen molar-refractivity contribution in [2.75, 3.05) is 0 Å². The van der Waals surface area contributed by atoms with Gasteiger partial charge in [-0.05, 0) is 31.9 Å². The van der Waals surface area contributed by atoms with Crippen molar-refractivity contribution < 1.29 is 0 Å². The van der Waals surface area contributed by atoms with E-state index in [1.54, 1.807) is 0 Å². The molecule has 0 bridgehead atoms. The SMILES string of the molecule is Brc1nc(-c2ccccc2)c(Br)[nH]1. The van der Waals surface area contributed by atoms with Gasteiger partial charge in [0.1, 0.15) is 10.3 Å². The molecule has 13 heavy (non-hydrogen) atoms. The van der Waals surface area contributed by atoms with Crippen molar-refractivity contribution in [1.82, 2.24) is 9.97 Å². The zero-order valence-electron chi connectivity index (χ0n) is 6.59. The standard InChI is InChI=1S/C9H6Br2N2/c10-8-7(12-9(11)13-8)6-4-2-1-3-5-6/h1-5H,(H,12,13). The molecule has 0 saturated carbocycles. The van der Waals surface area contributed by atoms with E-state index in [1.165, 1.54) is 0 Å². The number of halogens is 2. The van der Waals surface area contributed by atoms with Gasteiger partial charge in [0.05, 0.1) is 0 Å². The minimum absolute atomic E-state index is 0.734. The van der Waals surface area contributed by atoms with Gasteiger partial charge in [0.2, 0.25) is 0 Å². The molecule has 0 atom stereocenters. The molecular weight excluding hydrogens is 296 g/mol. The molecule has 1 N–H and O–H groups in total. The van der Waals surface area contributed by atoms with Gasteiger partial charge in [0.25, 0.3) is 0 Å². The lowest BCUT2D eigenvalue weighted by atomic mass is 10.2. The maximum Gasteiger partial charge on any atom is 0.175 e. The zero-order valence-corrected chi connectivity index (χ0v) is 9.76. The maximum atomic E-state index is 4.29. The fourth-order valence-corrected chi connectivity index (χ4v) is 2.26. The van der Waals surface area contributed by atoms with Crippen molar-refractivity contribution >= 4 is 31.9 Å². The number of rotatable bonds is 1. The summed E-state index contributed by atoms with van der Waals surface area (Å²) in [4.78, 5) is 7.32. The molecule has 2 aromatic rings. The molecule has 0 fully saturated rings. The van der Waals surface area contributed by atoms with Crippen molar-refractivity contribution in [2.45, 2.75) is 0 Å². The lowest BCUT2D eigenvalue weighted by Crippen LogP contribution is -1.76. The molecule has 1 aromatic heterocycles. The van der Waals surface area contributed by atoms with Crippen LogP contribution in [0.3, 0.4) is 0 Å². The van der Waals surface area contributed by atoms with Crippen LogP contribution in [0.25, 0.3) is 11.3 Å². The van der Waals surface area contributed by atoms with Crippen LogP contribution in [0.1, 0.15) is 0 Å². The summed E-state index contributed by atoms with van der Waals surface area (Å²) in [6, 6.07) is 10.0. The van der Waals surface area contributed by atoms with Crippen molar-refractivity contribution in [3.63, 3.8) is 0 Å². The van der Waals surface area contributed by atoms with Gasteiger partial charge in [0, 0.05) is 5.56 Å². The number of hydrogen-bond donors (Lipinski definition) is 1. The van der Waals surface area contributed by atoms with Crippen LogP contribution in [-0.2, 0) is 0 Å². The van der Waals surface area contributed by atoms with Crippen molar-refractivity contribution in [2.24, 2.45) is 0 Å². The van der Waals surface area contributed by atoms with E-state index < -0.39 is 0 Å². The molecule has 0 aliphatic heterocycles. The second-order valence-corrected chi connectivity index (χ2v) is 4.10. The van der Waals surface area contributed by atoms with Crippen LogP contribution in [0.15, 0.2) is 39.7 Å². The van der Waals surface area contributed by atoms with Crippen LogP contribution in [0.5, 0.6) is 0 Å². The number of hydrogen-bond acceptors (Lipinski definition) is 1. The van der Waals surface area contributed by atoms with Gasteiger partial charge < -0.3 is 4.98 Å². The van der Waals surface area contributed by atoms with Crippen molar-refractivity contribution in [3.05, 3.63) is 39.7 Å². The molecule has 1 aromatic carbocycles. The molecule has 0 unspecified atom stereocenters. The van der Waals surface area contributed by atoms with Gasteiger partial charge in [-0.1, -0.05) is 30.3 Å². The number of H-pyrrole nitrogens is 1. The monoisotopic (exact) mass is 300 g/mol. The third-order valence-corrected chi connectivity index (χ3v) is 2.63. The quantitative estimate of drug-likeness (QED) is 0.856. The van der Waals surface area contributed by atoms with E-state index in [0.717, 1.165) is 20.6 Å². The highest BCUT2D eigenvalue weighted by atomic mass is 79.9. The highest BCUT2D eigenvalue weighted by Gasteiger charge is 2.07. The van der Waals surface area contributed by atoms with Crippen LogP contribution in [-0.4, -0.2) is 9.97 Å². The summed E-state index contributed by atoms with van der Waals surface area (Å²) in [5.74, 6) is 0. The van der Waals surface area contributed by atoms with E-state index >= 15 is 0 Å². The van der Waals surface area contributed by atoms with Gasteiger partial charge in [-0.15, -0.1) is 0 Å².